The van der Waals surface area contributed by atoms with E-state index < -0.39 is 15.9 Å². The van der Waals surface area contributed by atoms with E-state index >= 15 is 0 Å². The SMILES string of the molecule is COc1ncccc1-c1cc(C(=O)NS(C)(=O)=O)ccc1Oc1ccc(C(C)C)cc1. The molecule has 3 aromatic rings. The van der Waals surface area contributed by atoms with E-state index in [9.17, 15) is 13.2 Å². The number of carbonyl (C=O) groups excluding carboxylic acids is 1. The number of pyridine rings is 1. The number of nitrogens with one attached hydrogen (secondary N) is 1. The van der Waals surface area contributed by atoms with Crippen LogP contribution in [0.15, 0.2) is 60.8 Å². The van der Waals surface area contributed by atoms with Gasteiger partial charge in [0.25, 0.3) is 5.91 Å². The fourth-order valence-corrected chi connectivity index (χ4v) is 3.46. The molecule has 31 heavy (non-hydrogen) atoms. The van der Waals surface area contributed by atoms with E-state index in [1.165, 1.54) is 18.7 Å². The van der Waals surface area contributed by atoms with Gasteiger partial charge in [0.2, 0.25) is 15.9 Å². The number of rotatable bonds is 7. The molecule has 3 rings (SSSR count). The molecule has 8 heteroatoms. The van der Waals surface area contributed by atoms with Crippen molar-refractivity contribution in [1.29, 1.82) is 0 Å². The Kier molecular flexibility index (Phi) is 6.60. The maximum Gasteiger partial charge on any atom is 0.264 e. The van der Waals surface area contributed by atoms with Crippen molar-refractivity contribution in [1.82, 2.24) is 9.71 Å². The van der Waals surface area contributed by atoms with Gasteiger partial charge in [-0.25, -0.2) is 18.1 Å². The van der Waals surface area contributed by atoms with Gasteiger partial charge >= 0.3 is 0 Å². The molecule has 1 N–H and O–H groups in total. The fourth-order valence-electron chi connectivity index (χ4n) is 3.00. The molecule has 0 aliphatic rings. The van der Waals surface area contributed by atoms with Gasteiger partial charge in [-0.05, 0) is 53.9 Å². The third-order valence-corrected chi connectivity index (χ3v) is 5.11. The second-order valence-electron chi connectivity index (χ2n) is 7.30. The normalized spacial score (nSPS) is 11.3. The maximum atomic E-state index is 12.4. The lowest BCUT2D eigenvalue weighted by atomic mass is 10.0. The molecule has 0 saturated heterocycles. The number of sulfonamides is 1. The Bertz CT molecular complexity index is 1190. The van der Waals surface area contributed by atoms with Crippen LogP contribution in [0.3, 0.4) is 0 Å². The minimum Gasteiger partial charge on any atom is -0.481 e. The summed E-state index contributed by atoms with van der Waals surface area (Å²) in [5.74, 6) is 1.11. The zero-order valence-corrected chi connectivity index (χ0v) is 18.6. The number of carbonyl (C=O) groups is 1. The lowest BCUT2D eigenvalue weighted by molar-refractivity contribution is 0.0981. The number of hydrogen-bond donors (Lipinski definition) is 1. The summed E-state index contributed by atoms with van der Waals surface area (Å²) in [6.45, 7) is 4.23. The van der Waals surface area contributed by atoms with Crippen LogP contribution in [0.5, 0.6) is 17.4 Å². The molecule has 0 radical (unpaired) electrons. The van der Waals surface area contributed by atoms with E-state index in [2.05, 4.69) is 18.8 Å². The minimum absolute atomic E-state index is 0.161. The van der Waals surface area contributed by atoms with Crippen LogP contribution in [0, 0.1) is 0 Å². The summed E-state index contributed by atoms with van der Waals surface area (Å²) in [6, 6.07) is 16.0. The van der Waals surface area contributed by atoms with Crippen LogP contribution < -0.4 is 14.2 Å². The second kappa shape index (κ2) is 9.18. The lowest BCUT2D eigenvalue weighted by Crippen LogP contribution is -2.29. The molecule has 0 aliphatic heterocycles. The second-order valence-corrected chi connectivity index (χ2v) is 9.05. The summed E-state index contributed by atoms with van der Waals surface area (Å²) in [5.41, 5.74) is 2.50. The number of methoxy groups -OCH3 is 1. The van der Waals surface area contributed by atoms with Gasteiger partial charge in [0.1, 0.15) is 11.5 Å². The van der Waals surface area contributed by atoms with Crippen LogP contribution in [-0.4, -0.2) is 32.7 Å². The van der Waals surface area contributed by atoms with Gasteiger partial charge < -0.3 is 9.47 Å². The van der Waals surface area contributed by atoms with E-state index in [4.69, 9.17) is 9.47 Å². The Hall–Kier alpha value is -3.39. The first-order chi connectivity index (χ1) is 14.7. The van der Waals surface area contributed by atoms with Crippen molar-refractivity contribution < 1.29 is 22.7 Å². The number of aromatic nitrogens is 1. The highest BCUT2D eigenvalue weighted by atomic mass is 32.2. The smallest absolute Gasteiger partial charge is 0.264 e. The average Bonchev–Trinajstić information content (AvgIpc) is 2.73. The van der Waals surface area contributed by atoms with E-state index in [0.29, 0.717) is 34.4 Å². The van der Waals surface area contributed by atoms with E-state index in [1.54, 1.807) is 30.5 Å². The molecule has 0 saturated carbocycles. The summed E-state index contributed by atoms with van der Waals surface area (Å²) in [6.07, 6.45) is 2.52. The monoisotopic (exact) mass is 440 g/mol. The highest BCUT2D eigenvalue weighted by Gasteiger charge is 2.18. The number of ether oxygens (including phenoxy) is 2. The molecule has 0 unspecified atom stereocenters. The maximum absolute atomic E-state index is 12.4. The van der Waals surface area contributed by atoms with Gasteiger partial charge in [-0.2, -0.15) is 0 Å². The summed E-state index contributed by atoms with van der Waals surface area (Å²) in [7, 11) is -2.20. The van der Waals surface area contributed by atoms with Crippen molar-refractivity contribution in [3.63, 3.8) is 0 Å². The molecule has 0 bridgehead atoms. The van der Waals surface area contributed by atoms with Crippen molar-refractivity contribution in [2.24, 2.45) is 0 Å². The molecular formula is C23H24N2O5S. The van der Waals surface area contributed by atoms with Crippen molar-refractivity contribution in [3.8, 4) is 28.5 Å². The first-order valence-corrected chi connectivity index (χ1v) is 11.5. The number of hydrogen-bond acceptors (Lipinski definition) is 6. The number of nitrogens with zero attached hydrogens (tertiary/aromatic N) is 1. The molecule has 1 heterocycles. The van der Waals surface area contributed by atoms with Crippen molar-refractivity contribution in [2.75, 3.05) is 13.4 Å². The molecule has 0 fully saturated rings. The highest BCUT2D eigenvalue weighted by Crippen LogP contribution is 2.38. The zero-order chi connectivity index (χ0) is 22.6. The van der Waals surface area contributed by atoms with Crippen LogP contribution in [0.4, 0.5) is 0 Å². The number of benzene rings is 2. The molecule has 1 aromatic heterocycles. The predicted molar refractivity (Wildman–Crippen MR) is 119 cm³/mol. The first-order valence-electron chi connectivity index (χ1n) is 9.61. The van der Waals surface area contributed by atoms with E-state index in [-0.39, 0.29) is 5.56 Å². The topological polar surface area (TPSA) is 94.6 Å². The Morgan fingerprint density at radius 2 is 1.74 bits per heavy atom. The van der Waals surface area contributed by atoms with Gasteiger partial charge in [0.05, 0.1) is 13.4 Å². The molecule has 1 amide bonds. The molecule has 0 aliphatic carbocycles. The molecule has 7 nitrogen and oxygen atoms in total. The first kappa shape index (κ1) is 22.3. The van der Waals surface area contributed by atoms with Crippen LogP contribution in [-0.2, 0) is 10.0 Å². The predicted octanol–water partition coefficient (Wildman–Crippen LogP) is 4.36. The average molecular weight is 441 g/mol. The fraction of sp³-hybridized carbons (Fsp3) is 0.217. The zero-order valence-electron chi connectivity index (χ0n) is 17.7. The summed E-state index contributed by atoms with van der Waals surface area (Å²) >= 11 is 0. The van der Waals surface area contributed by atoms with Gasteiger partial charge in [-0.15, -0.1) is 0 Å². The molecule has 162 valence electrons. The third kappa shape index (κ3) is 5.61. The minimum atomic E-state index is -3.70. The molecule has 2 aromatic carbocycles. The Balaban J connectivity index is 2.06. The summed E-state index contributed by atoms with van der Waals surface area (Å²) in [4.78, 5) is 16.6. The van der Waals surface area contributed by atoms with Crippen LogP contribution in [0.1, 0.15) is 35.7 Å². The summed E-state index contributed by atoms with van der Waals surface area (Å²) < 4.78 is 36.4. The van der Waals surface area contributed by atoms with E-state index in [0.717, 1.165) is 6.26 Å². The Morgan fingerprint density at radius 3 is 2.35 bits per heavy atom. The van der Waals surface area contributed by atoms with Gasteiger partial charge in [0, 0.05) is 22.9 Å². The van der Waals surface area contributed by atoms with Crippen LogP contribution >= 0.6 is 0 Å². The largest absolute Gasteiger partial charge is 0.481 e. The van der Waals surface area contributed by atoms with Gasteiger partial charge in [-0.1, -0.05) is 26.0 Å². The lowest BCUT2D eigenvalue weighted by Gasteiger charge is -2.15. The van der Waals surface area contributed by atoms with Crippen LogP contribution in [0.2, 0.25) is 0 Å². The molecule has 0 atom stereocenters. The van der Waals surface area contributed by atoms with Gasteiger partial charge in [-0.3, -0.25) is 4.79 Å². The van der Waals surface area contributed by atoms with Gasteiger partial charge in [0.15, 0.2) is 0 Å². The molecular weight excluding hydrogens is 416 g/mol. The highest BCUT2D eigenvalue weighted by molar-refractivity contribution is 7.89. The quantitative estimate of drug-likeness (QED) is 0.587. The van der Waals surface area contributed by atoms with Crippen molar-refractivity contribution in [3.05, 3.63) is 71.9 Å². The van der Waals surface area contributed by atoms with Crippen LogP contribution in [0.25, 0.3) is 11.1 Å². The number of amides is 1. The Morgan fingerprint density at radius 1 is 1.03 bits per heavy atom. The molecule has 0 spiro atoms. The van der Waals surface area contributed by atoms with Crippen molar-refractivity contribution >= 4 is 15.9 Å². The standard InChI is InChI=1S/C23H24N2O5S/c1-15(2)16-7-10-18(11-8-16)30-21-12-9-17(22(26)25-31(4,27)28)14-20(21)19-6-5-13-24-23(19)29-3/h5-15H,1-4H3,(H,25,26). The third-order valence-electron chi connectivity index (χ3n) is 4.55. The van der Waals surface area contributed by atoms with E-state index in [1.807, 2.05) is 29.0 Å². The Labute approximate surface area is 182 Å². The van der Waals surface area contributed by atoms with Crippen molar-refractivity contribution in [2.45, 2.75) is 19.8 Å². The summed E-state index contributed by atoms with van der Waals surface area (Å²) in [5, 5.41) is 0.